The fourth-order valence-electron chi connectivity index (χ4n) is 4.14. The monoisotopic (exact) mass is 866 g/mol. The number of nitrogens with one attached hydrogen (secondary N) is 4. The van der Waals surface area contributed by atoms with Gasteiger partial charge in [-0.25, -0.2) is 0 Å². The number of ether oxygens (including phenoxy) is 2. The van der Waals surface area contributed by atoms with Gasteiger partial charge in [0.15, 0.2) is 11.6 Å². The summed E-state index contributed by atoms with van der Waals surface area (Å²) in [5.41, 5.74) is 1.80. The summed E-state index contributed by atoms with van der Waals surface area (Å²) in [6, 6.07) is 10.2. The van der Waals surface area contributed by atoms with Crippen LogP contribution in [0, 0.1) is 0 Å². The van der Waals surface area contributed by atoms with Gasteiger partial charge in [0, 0.05) is 36.3 Å². The molecule has 2 aromatic rings. The molecule has 0 saturated carbocycles. The topological polar surface area (TPSA) is 181 Å². The summed E-state index contributed by atoms with van der Waals surface area (Å²) in [7, 11) is 8.40. The molecule has 0 fully saturated rings. The standard InChI is InChI=1S/2C18H27N2O4.2ClH.2Cu/c2*1-5-6-18(23)20-14-7-8-17(16(9-14)13(4)21)24-11-15(22)10-19-12(2)3;;;;/h2*7-9,12,15,19H,5-6,10-11H2,1-4H3,(H,20,23);2*1H;;/q2*-1;;;2*+1/p-2. The maximum absolute atomic E-state index is 11.8. The van der Waals surface area contributed by atoms with Crippen LogP contribution in [0.15, 0.2) is 36.4 Å². The average molecular weight is 869 g/mol. The Bertz CT molecular complexity index is 1240. The summed E-state index contributed by atoms with van der Waals surface area (Å²) in [4.78, 5) is 46.9. The van der Waals surface area contributed by atoms with Crippen LogP contribution in [0.1, 0.15) is 102 Å². The molecule has 12 nitrogen and oxygen atoms in total. The number of carbonyl (C=O) groups is 4. The van der Waals surface area contributed by atoms with Crippen molar-refractivity contribution in [3.05, 3.63) is 47.5 Å². The van der Waals surface area contributed by atoms with Crippen molar-refractivity contribution in [2.75, 3.05) is 36.9 Å². The molecule has 52 heavy (non-hydrogen) atoms. The summed E-state index contributed by atoms with van der Waals surface area (Å²) in [5.74, 6) is 0.168. The molecular formula is C36H54Cl2Cu2N4O8-2. The SMILES string of the molecule is CCCC(=O)Nc1ccc(OCC([O-])CNC(C)C)c(C(C)=O)c1.CCCC(=O)Nc1ccc(OCC([O-])CNC(C)C)c(C(C)=O)c1.[Cl][Cu].[Cl][Cu]. The Morgan fingerprint density at radius 3 is 1.25 bits per heavy atom. The third-order valence-electron chi connectivity index (χ3n) is 6.60. The average Bonchev–Trinajstić information content (AvgIpc) is 3.10. The molecule has 0 heterocycles. The van der Waals surface area contributed by atoms with Crippen molar-refractivity contribution < 1.29 is 69.1 Å². The summed E-state index contributed by atoms with van der Waals surface area (Å²) in [6.07, 6.45) is 0.513. The zero-order valence-electron chi connectivity index (χ0n) is 31.1. The van der Waals surface area contributed by atoms with Crippen LogP contribution in [0.3, 0.4) is 0 Å². The van der Waals surface area contributed by atoms with Gasteiger partial charge >= 0.3 is 50.4 Å². The van der Waals surface area contributed by atoms with Crippen LogP contribution in [0.2, 0.25) is 0 Å². The van der Waals surface area contributed by atoms with Gasteiger partial charge in [-0.1, -0.05) is 53.8 Å². The first-order chi connectivity index (χ1) is 24.7. The molecule has 2 rings (SSSR count). The van der Waals surface area contributed by atoms with Gasteiger partial charge in [0.05, 0.1) is 24.3 Å². The molecule has 304 valence electrons. The van der Waals surface area contributed by atoms with Crippen molar-refractivity contribution >= 4 is 55.0 Å². The van der Waals surface area contributed by atoms with Crippen molar-refractivity contribution in [2.24, 2.45) is 0 Å². The van der Waals surface area contributed by atoms with E-state index in [1.54, 1.807) is 36.4 Å². The van der Waals surface area contributed by atoms with Gasteiger partial charge in [0.1, 0.15) is 11.5 Å². The predicted octanol–water partition coefficient (Wildman–Crippen LogP) is 4.84. The summed E-state index contributed by atoms with van der Waals surface area (Å²) < 4.78 is 11.0. The number of benzene rings is 2. The fraction of sp³-hybridized carbons (Fsp3) is 0.556. The molecular weight excluding hydrogens is 814 g/mol. The van der Waals surface area contributed by atoms with Gasteiger partial charge < -0.3 is 41.0 Å². The van der Waals surface area contributed by atoms with Crippen molar-refractivity contribution in [1.82, 2.24) is 10.6 Å². The van der Waals surface area contributed by atoms with Crippen LogP contribution < -0.4 is 41.0 Å². The Balaban J connectivity index is 0. The van der Waals surface area contributed by atoms with Gasteiger partial charge in [-0.05, 0) is 76.2 Å². The van der Waals surface area contributed by atoms with E-state index in [-0.39, 0.29) is 48.7 Å². The Kier molecular flexibility index (Phi) is 31.1. The number of hydrogen-bond donors (Lipinski definition) is 4. The number of ketones is 2. The van der Waals surface area contributed by atoms with E-state index in [1.807, 2.05) is 41.5 Å². The van der Waals surface area contributed by atoms with Gasteiger partial charge in [-0.15, -0.1) is 0 Å². The van der Waals surface area contributed by atoms with E-state index in [2.05, 4.69) is 71.7 Å². The Morgan fingerprint density at radius 1 is 0.654 bits per heavy atom. The number of rotatable bonds is 20. The molecule has 0 saturated heterocycles. The molecule has 2 unspecified atom stereocenters. The number of amides is 2. The molecule has 0 bridgehead atoms. The van der Waals surface area contributed by atoms with Gasteiger partial charge in [-0.2, -0.15) is 0 Å². The molecule has 0 aliphatic rings. The normalized spacial score (nSPS) is 11.4. The van der Waals surface area contributed by atoms with Crippen LogP contribution in [-0.4, -0.2) is 74.0 Å². The zero-order valence-corrected chi connectivity index (χ0v) is 34.5. The number of anilines is 2. The van der Waals surface area contributed by atoms with Crippen molar-refractivity contribution in [3.8, 4) is 11.5 Å². The van der Waals surface area contributed by atoms with Crippen LogP contribution >= 0.6 is 20.2 Å². The molecule has 2 atom stereocenters. The third-order valence-corrected chi connectivity index (χ3v) is 6.60. The van der Waals surface area contributed by atoms with Gasteiger partial charge in [0.2, 0.25) is 11.8 Å². The number of hydrogen-bond acceptors (Lipinski definition) is 10. The van der Waals surface area contributed by atoms with Crippen molar-refractivity contribution in [3.63, 3.8) is 0 Å². The van der Waals surface area contributed by atoms with E-state index < -0.39 is 12.2 Å². The minimum absolute atomic E-state index is 0.0262. The molecule has 0 radical (unpaired) electrons. The Hall–Kier alpha value is -2.22. The molecule has 0 spiro atoms. The molecule has 16 heteroatoms. The molecule has 0 aliphatic heterocycles. The summed E-state index contributed by atoms with van der Waals surface area (Å²) in [6.45, 7) is 15.1. The zero-order chi connectivity index (χ0) is 40.2. The van der Waals surface area contributed by atoms with E-state index in [0.29, 0.717) is 59.9 Å². The molecule has 0 aliphatic carbocycles. The van der Waals surface area contributed by atoms with Crippen LogP contribution in [0.25, 0.3) is 0 Å². The first kappa shape index (κ1) is 51.9. The van der Waals surface area contributed by atoms with Crippen molar-refractivity contribution in [1.29, 1.82) is 0 Å². The summed E-state index contributed by atoms with van der Waals surface area (Å²) >= 11 is 7.32. The first-order valence-corrected chi connectivity index (χ1v) is 19.4. The minimum atomic E-state index is -0.920. The van der Waals surface area contributed by atoms with Gasteiger partial charge in [0.25, 0.3) is 0 Å². The predicted molar refractivity (Wildman–Crippen MR) is 197 cm³/mol. The fourth-order valence-corrected chi connectivity index (χ4v) is 4.14. The van der Waals surface area contributed by atoms with Crippen LogP contribution in [0.5, 0.6) is 11.5 Å². The van der Waals surface area contributed by atoms with E-state index in [0.717, 1.165) is 12.8 Å². The maximum atomic E-state index is 11.8. The van der Waals surface area contributed by atoms with E-state index in [4.69, 9.17) is 9.47 Å². The third kappa shape index (κ3) is 24.2. The van der Waals surface area contributed by atoms with Crippen molar-refractivity contribution in [2.45, 2.75) is 105 Å². The molecule has 2 amide bonds. The number of carbonyl (C=O) groups excluding carboxylic acids is 4. The molecule has 4 N–H and O–H groups in total. The second-order valence-electron chi connectivity index (χ2n) is 12.1. The first-order valence-electron chi connectivity index (χ1n) is 16.8. The molecule has 2 aromatic carbocycles. The van der Waals surface area contributed by atoms with Gasteiger partial charge in [-0.3, -0.25) is 19.2 Å². The van der Waals surface area contributed by atoms with E-state index >= 15 is 0 Å². The Labute approximate surface area is 334 Å². The second-order valence-corrected chi connectivity index (χ2v) is 12.1. The Morgan fingerprint density at radius 2 is 0.981 bits per heavy atom. The second kappa shape index (κ2) is 31.2. The number of Topliss-reactive ketones (excluding diaryl/α,β-unsaturated/α-hetero) is 2. The van der Waals surface area contributed by atoms with E-state index in [9.17, 15) is 29.4 Å². The number of halogens is 2. The van der Waals surface area contributed by atoms with Crippen LogP contribution in [0.4, 0.5) is 11.4 Å². The summed E-state index contributed by atoms with van der Waals surface area (Å²) in [5, 5.41) is 35.3. The van der Waals surface area contributed by atoms with Crippen LogP contribution in [-0.2, 0) is 39.8 Å². The quantitative estimate of drug-likeness (QED) is 0.106. The molecule has 0 aromatic heterocycles. The van der Waals surface area contributed by atoms with E-state index in [1.165, 1.54) is 13.8 Å².